The number of nitrogens with one attached hydrogen (secondary N) is 2. The van der Waals surface area contributed by atoms with E-state index in [0.717, 1.165) is 72.3 Å². The molecule has 14 rings (SSSR count). The number of aromatic nitrogens is 2. The maximum absolute atomic E-state index is 6.87. The summed E-state index contributed by atoms with van der Waals surface area (Å²) in [5.74, 6) is 0.815. The average Bonchev–Trinajstić information content (AvgIpc) is 4.05. The molecule has 13 aromatic rings. The second-order valence-corrected chi connectivity index (χ2v) is 17.5. The smallest absolute Gasteiger partial charge is 0.137 e. The van der Waals surface area contributed by atoms with Crippen LogP contribution in [0.3, 0.4) is 0 Å². The van der Waals surface area contributed by atoms with E-state index in [2.05, 4.69) is 244 Å². The predicted octanol–water partition coefficient (Wildman–Crippen LogP) is 14.9. The van der Waals surface area contributed by atoms with Crippen LogP contribution in [0.25, 0.3) is 98.8 Å². The van der Waals surface area contributed by atoms with Gasteiger partial charge in [-0.2, -0.15) is 0 Å². The average molecular weight is 860 g/mol. The van der Waals surface area contributed by atoms with Crippen LogP contribution in [0.1, 0.15) is 29.0 Å². The van der Waals surface area contributed by atoms with Crippen LogP contribution in [-0.4, -0.2) is 15.0 Å². The van der Waals surface area contributed by atoms with Crippen molar-refractivity contribution in [1.82, 2.24) is 19.8 Å². The number of hydrogen-bond donors (Lipinski definition) is 2. The summed E-state index contributed by atoms with van der Waals surface area (Å²) in [5.41, 5.74) is 14.1. The molecule has 4 heterocycles. The summed E-state index contributed by atoms with van der Waals surface area (Å²) in [6.45, 7) is 0. The molecule has 2 N–H and O–H groups in total. The molecule has 1 aliphatic rings. The van der Waals surface area contributed by atoms with Gasteiger partial charge in [0, 0.05) is 60.9 Å². The number of aliphatic imine (C=N–C) groups is 1. The van der Waals surface area contributed by atoms with Gasteiger partial charge in [0.05, 0.1) is 22.1 Å². The van der Waals surface area contributed by atoms with E-state index in [1.165, 1.54) is 49.1 Å². The molecule has 0 fully saturated rings. The van der Waals surface area contributed by atoms with Crippen molar-refractivity contribution in [3.63, 3.8) is 0 Å². The Kier molecular flexibility index (Phi) is 8.38. The van der Waals surface area contributed by atoms with Gasteiger partial charge in [0.15, 0.2) is 0 Å². The molecule has 0 radical (unpaired) electrons. The molecule has 3 aromatic heterocycles. The molecule has 6 heteroatoms. The Morgan fingerprint density at radius 3 is 1.91 bits per heavy atom. The van der Waals surface area contributed by atoms with E-state index in [9.17, 15) is 0 Å². The monoisotopic (exact) mass is 859 g/mol. The van der Waals surface area contributed by atoms with E-state index >= 15 is 0 Å². The number of para-hydroxylation sites is 4. The molecule has 0 spiro atoms. The maximum atomic E-state index is 6.87. The van der Waals surface area contributed by atoms with Crippen molar-refractivity contribution in [2.45, 2.75) is 12.3 Å². The third-order valence-electron chi connectivity index (χ3n) is 13.8. The molecule has 6 nitrogen and oxygen atoms in total. The Morgan fingerprint density at radius 1 is 0.433 bits per heavy atom. The topological polar surface area (TPSA) is 59.4 Å². The molecule has 2 unspecified atom stereocenters. The number of hydrogen-bond acceptors (Lipinski definition) is 4. The quantitative estimate of drug-likeness (QED) is 0.175. The minimum atomic E-state index is -0.283. The Hall–Kier alpha value is -8.71. The Bertz CT molecular complexity index is 4100. The number of furan rings is 1. The highest BCUT2D eigenvalue weighted by molar-refractivity contribution is 6.23. The molecule has 0 amide bonds. The molecule has 316 valence electrons. The first kappa shape index (κ1) is 37.6. The van der Waals surface area contributed by atoms with E-state index in [0.29, 0.717) is 0 Å². The summed E-state index contributed by atoms with van der Waals surface area (Å²) < 4.78 is 11.7. The molecule has 10 aromatic carbocycles. The van der Waals surface area contributed by atoms with Crippen molar-refractivity contribution >= 4 is 82.2 Å². The Labute approximate surface area is 385 Å². The fraction of sp³-hybridized carbons (Fsp3) is 0.0328. The lowest BCUT2D eigenvalue weighted by atomic mass is 9.98. The van der Waals surface area contributed by atoms with Gasteiger partial charge in [-0.1, -0.05) is 164 Å². The van der Waals surface area contributed by atoms with E-state index in [-0.39, 0.29) is 12.3 Å². The van der Waals surface area contributed by atoms with Crippen LogP contribution in [0.5, 0.6) is 0 Å². The number of nitrogens with zero attached hydrogens (tertiary/aromatic N) is 3. The predicted molar refractivity (Wildman–Crippen MR) is 277 cm³/mol. The van der Waals surface area contributed by atoms with E-state index in [1.54, 1.807) is 0 Å². The number of rotatable bonds is 6. The number of amidine groups is 1. The largest absolute Gasteiger partial charge is 0.456 e. The van der Waals surface area contributed by atoms with Gasteiger partial charge < -0.3 is 18.9 Å². The van der Waals surface area contributed by atoms with Gasteiger partial charge in [0.25, 0.3) is 0 Å². The van der Waals surface area contributed by atoms with Crippen LogP contribution in [0, 0.1) is 0 Å². The lowest BCUT2D eigenvalue weighted by Crippen LogP contribution is -2.45. The van der Waals surface area contributed by atoms with E-state index < -0.39 is 0 Å². The van der Waals surface area contributed by atoms with Crippen LogP contribution >= 0.6 is 0 Å². The molecule has 0 saturated carbocycles. The zero-order valence-electron chi connectivity index (χ0n) is 36.3. The summed E-state index contributed by atoms with van der Waals surface area (Å²) in [6.07, 6.45) is -0.495. The summed E-state index contributed by atoms with van der Waals surface area (Å²) in [4.78, 5) is 5.43. The van der Waals surface area contributed by atoms with Crippen LogP contribution in [-0.2, 0) is 0 Å². The van der Waals surface area contributed by atoms with Crippen molar-refractivity contribution in [1.29, 1.82) is 0 Å². The van der Waals surface area contributed by atoms with Gasteiger partial charge in [-0.25, -0.2) is 4.99 Å². The molecular formula is C61H41N5O. The van der Waals surface area contributed by atoms with Crippen LogP contribution < -0.4 is 10.6 Å². The SMILES string of the molecule is c1ccc(C2N=C(c3cccc4oc5cc6c(cc5c34)c3cc(-c4cccc5c7ccccc7n(-c7ccccc7)c45)ccc3n6-c3ccccc3)NC(c3cccc4ccccc34)N2)cc1. The van der Waals surface area contributed by atoms with Crippen molar-refractivity contribution in [2.75, 3.05) is 0 Å². The molecule has 1 aliphatic heterocycles. The summed E-state index contributed by atoms with van der Waals surface area (Å²) >= 11 is 0. The zero-order valence-corrected chi connectivity index (χ0v) is 36.3. The fourth-order valence-corrected chi connectivity index (χ4v) is 10.8. The van der Waals surface area contributed by atoms with Crippen molar-refractivity contribution < 1.29 is 4.42 Å². The molecule has 67 heavy (non-hydrogen) atoms. The highest BCUT2D eigenvalue weighted by Crippen LogP contribution is 2.43. The van der Waals surface area contributed by atoms with Crippen LogP contribution in [0.4, 0.5) is 0 Å². The lowest BCUT2D eigenvalue weighted by Gasteiger charge is -2.33. The lowest BCUT2D eigenvalue weighted by molar-refractivity contribution is 0.411. The van der Waals surface area contributed by atoms with Gasteiger partial charge in [-0.15, -0.1) is 0 Å². The van der Waals surface area contributed by atoms with Crippen molar-refractivity contribution in [2.24, 2.45) is 4.99 Å². The first-order valence-corrected chi connectivity index (χ1v) is 22.9. The first-order valence-electron chi connectivity index (χ1n) is 22.9. The minimum Gasteiger partial charge on any atom is -0.456 e. The number of benzene rings is 10. The normalized spacial score (nSPS) is 15.3. The zero-order chi connectivity index (χ0) is 44.0. The number of fused-ring (bicyclic) bond motifs is 10. The van der Waals surface area contributed by atoms with E-state index in [1.807, 2.05) is 0 Å². The van der Waals surface area contributed by atoms with Crippen molar-refractivity contribution in [3.8, 4) is 22.5 Å². The van der Waals surface area contributed by atoms with Gasteiger partial charge in [0.1, 0.15) is 29.3 Å². The van der Waals surface area contributed by atoms with Gasteiger partial charge in [-0.05, 0) is 82.1 Å². The summed E-state index contributed by atoms with van der Waals surface area (Å²) in [5, 5.41) is 17.0. The highest BCUT2D eigenvalue weighted by Gasteiger charge is 2.29. The third kappa shape index (κ3) is 5.90. The molecule has 0 bridgehead atoms. The molecule has 0 aliphatic carbocycles. The van der Waals surface area contributed by atoms with Crippen LogP contribution in [0.15, 0.2) is 234 Å². The molecular weight excluding hydrogens is 819 g/mol. The Balaban J connectivity index is 1.00. The maximum Gasteiger partial charge on any atom is 0.137 e. The van der Waals surface area contributed by atoms with Gasteiger partial charge in [-0.3, -0.25) is 5.32 Å². The fourth-order valence-electron chi connectivity index (χ4n) is 10.8. The summed E-state index contributed by atoms with van der Waals surface area (Å²) in [7, 11) is 0. The summed E-state index contributed by atoms with van der Waals surface area (Å²) in [6, 6.07) is 80.4. The molecule has 0 saturated heterocycles. The highest BCUT2D eigenvalue weighted by atomic mass is 16.3. The van der Waals surface area contributed by atoms with Crippen molar-refractivity contribution in [3.05, 3.63) is 241 Å². The standard InChI is InChI=1S/C61H41N5O/c1-4-18-39(19-5-1)59-62-60(47-29-14-20-38-17-10-11-25-43(38)47)64-61(63-59)48-30-16-32-55-57(48)51-36-50-49-35-40(33-34-53(49)65(41-21-6-2-7-22-41)54(50)37-56(51)67-55)44-27-15-28-46-45-26-12-13-31-52(45)66(58(44)46)42-23-8-3-9-24-42/h1-37,59-60,62H,(H,63,64). The first-order chi connectivity index (χ1) is 33.2. The van der Waals surface area contributed by atoms with Gasteiger partial charge in [0.2, 0.25) is 0 Å². The van der Waals surface area contributed by atoms with Crippen LogP contribution in [0.2, 0.25) is 0 Å². The second kappa shape index (κ2) is 14.9. The second-order valence-electron chi connectivity index (χ2n) is 17.5. The Morgan fingerprint density at radius 2 is 1.07 bits per heavy atom. The van der Waals surface area contributed by atoms with E-state index in [4.69, 9.17) is 9.41 Å². The molecule has 2 atom stereocenters. The third-order valence-corrected chi connectivity index (χ3v) is 13.8. The van der Waals surface area contributed by atoms with Gasteiger partial charge >= 0.3 is 0 Å². The minimum absolute atomic E-state index is 0.212.